The Morgan fingerprint density at radius 2 is 2.75 bits per heavy atom. The van der Waals surface area contributed by atoms with Crippen molar-refractivity contribution in [2.75, 3.05) is 6.73 Å². The minimum absolute atomic E-state index is 0.236. The minimum Gasteiger partial charge on any atom is -0.448 e. The van der Waals surface area contributed by atoms with E-state index in [1.54, 1.807) is 0 Å². The first-order chi connectivity index (χ1) is 3.84. The molecule has 0 saturated carbocycles. The molecular formula is C5H7NO2. The van der Waals surface area contributed by atoms with Crippen LogP contribution in [0.25, 0.3) is 0 Å². The van der Waals surface area contributed by atoms with Gasteiger partial charge in [-0.1, -0.05) is 6.08 Å². The van der Waals surface area contributed by atoms with Crippen molar-refractivity contribution in [3.05, 3.63) is 12.7 Å². The molecule has 0 aromatic carbocycles. The van der Waals surface area contributed by atoms with E-state index in [4.69, 9.17) is 0 Å². The van der Waals surface area contributed by atoms with E-state index in [9.17, 15) is 4.79 Å². The second-order valence-corrected chi connectivity index (χ2v) is 1.53. The van der Waals surface area contributed by atoms with Gasteiger partial charge in [0.25, 0.3) is 0 Å². The molecule has 44 valence electrons. The fraction of sp³-hybridized carbons (Fsp3) is 0.400. The number of hydrogen-bond acceptors (Lipinski definition) is 3. The molecule has 8 heavy (non-hydrogen) atoms. The summed E-state index contributed by atoms with van der Waals surface area (Å²) in [4.78, 5) is 10.4. The standard InChI is InChI=1S/C5H7NO2/c1-2-4-5(7)8-3-6-4/h2,4,6H,1,3H2. The predicted molar refractivity (Wildman–Crippen MR) is 28.1 cm³/mol. The van der Waals surface area contributed by atoms with Crippen molar-refractivity contribution in [1.29, 1.82) is 0 Å². The highest BCUT2D eigenvalue weighted by molar-refractivity contribution is 5.79. The van der Waals surface area contributed by atoms with E-state index in [2.05, 4.69) is 16.6 Å². The van der Waals surface area contributed by atoms with Crippen molar-refractivity contribution in [2.24, 2.45) is 0 Å². The van der Waals surface area contributed by atoms with E-state index in [1.807, 2.05) is 0 Å². The van der Waals surface area contributed by atoms with Gasteiger partial charge in [0, 0.05) is 0 Å². The van der Waals surface area contributed by atoms with Crippen molar-refractivity contribution < 1.29 is 9.53 Å². The lowest BCUT2D eigenvalue weighted by atomic mass is 10.3. The fourth-order valence-electron chi connectivity index (χ4n) is 0.555. The molecule has 1 saturated heterocycles. The van der Waals surface area contributed by atoms with Gasteiger partial charge in [0.2, 0.25) is 0 Å². The van der Waals surface area contributed by atoms with Gasteiger partial charge in [0.1, 0.15) is 12.8 Å². The molecule has 0 amide bonds. The molecule has 3 nitrogen and oxygen atoms in total. The van der Waals surface area contributed by atoms with Gasteiger partial charge in [-0.25, -0.2) is 4.79 Å². The lowest BCUT2D eigenvalue weighted by Crippen LogP contribution is -2.23. The molecule has 1 fully saturated rings. The number of hydrogen-bond donors (Lipinski definition) is 1. The van der Waals surface area contributed by atoms with Gasteiger partial charge < -0.3 is 4.74 Å². The average Bonchev–Trinajstić information content (AvgIpc) is 2.14. The number of cyclic esters (lactones) is 1. The summed E-state index contributed by atoms with van der Waals surface area (Å²) in [7, 11) is 0. The molecule has 1 atom stereocenters. The molecule has 0 aromatic heterocycles. The van der Waals surface area contributed by atoms with Crippen molar-refractivity contribution in [3.63, 3.8) is 0 Å². The predicted octanol–water partition coefficient (Wildman–Crippen LogP) is -0.355. The fourth-order valence-corrected chi connectivity index (χ4v) is 0.555. The highest BCUT2D eigenvalue weighted by Crippen LogP contribution is 1.95. The van der Waals surface area contributed by atoms with Crippen molar-refractivity contribution >= 4 is 5.97 Å². The van der Waals surface area contributed by atoms with Gasteiger partial charge in [-0.15, -0.1) is 6.58 Å². The summed E-state index contributed by atoms with van der Waals surface area (Å²) < 4.78 is 4.54. The van der Waals surface area contributed by atoms with E-state index in [0.717, 1.165) is 0 Å². The molecular weight excluding hydrogens is 106 g/mol. The van der Waals surface area contributed by atoms with Crippen molar-refractivity contribution in [2.45, 2.75) is 6.04 Å². The molecule has 1 unspecified atom stereocenters. The number of carbonyl (C=O) groups is 1. The quantitative estimate of drug-likeness (QED) is 0.373. The SMILES string of the molecule is C=CC1NCOC1=O. The zero-order chi connectivity index (χ0) is 5.98. The van der Waals surface area contributed by atoms with Crippen LogP contribution in [0.5, 0.6) is 0 Å². The summed E-state index contributed by atoms with van der Waals surface area (Å²) in [6.07, 6.45) is 1.52. The average molecular weight is 113 g/mol. The van der Waals surface area contributed by atoms with E-state index in [-0.39, 0.29) is 12.0 Å². The van der Waals surface area contributed by atoms with Crippen LogP contribution in [0, 0.1) is 0 Å². The van der Waals surface area contributed by atoms with Gasteiger partial charge in [0.05, 0.1) is 0 Å². The summed E-state index contributed by atoms with van der Waals surface area (Å²) in [5, 5.41) is 2.77. The van der Waals surface area contributed by atoms with Crippen molar-refractivity contribution in [1.82, 2.24) is 5.32 Å². The van der Waals surface area contributed by atoms with Gasteiger partial charge >= 0.3 is 5.97 Å². The maximum Gasteiger partial charge on any atom is 0.328 e. The third kappa shape index (κ3) is 0.721. The summed E-state index contributed by atoms with van der Waals surface area (Å²) in [6, 6.07) is -0.282. The van der Waals surface area contributed by atoms with Crippen LogP contribution in [-0.4, -0.2) is 18.7 Å². The topological polar surface area (TPSA) is 38.3 Å². The largest absolute Gasteiger partial charge is 0.448 e. The first kappa shape index (κ1) is 5.31. The minimum atomic E-state index is -0.282. The smallest absolute Gasteiger partial charge is 0.328 e. The number of carbonyl (C=O) groups excluding carboxylic acids is 1. The summed E-state index contributed by atoms with van der Waals surface area (Å²) in [5.74, 6) is -0.236. The maximum absolute atomic E-state index is 10.4. The van der Waals surface area contributed by atoms with Gasteiger partial charge in [-0.05, 0) is 0 Å². The Balaban J connectivity index is 2.54. The Morgan fingerprint density at radius 3 is 3.00 bits per heavy atom. The van der Waals surface area contributed by atoms with Crippen LogP contribution in [0.3, 0.4) is 0 Å². The third-order valence-electron chi connectivity index (χ3n) is 1.01. The zero-order valence-corrected chi connectivity index (χ0v) is 4.39. The number of esters is 1. The third-order valence-corrected chi connectivity index (χ3v) is 1.01. The van der Waals surface area contributed by atoms with E-state index >= 15 is 0 Å². The molecule has 0 spiro atoms. The molecule has 3 heteroatoms. The van der Waals surface area contributed by atoms with Crippen LogP contribution in [0.4, 0.5) is 0 Å². The lowest BCUT2D eigenvalue weighted by Gasteiger charge is -1.92. The monoisotopic (exact) mass is 113 g/mol. The highest BCUT2D eigenvalue weighted by atomic mass is 16.6. The first-order valence-corrected chi connectivity index (χ1v) is 2.37. The second-order valence-electron chi connectivity index (χ2n) is 1.53. The Kier molecular flexibility index (Phi) is 1.30. The van der Waals surface area contributed by atoms with Crippen LogP contribution in [0.1, 0.15) is 0 Å². The van der Waals surface area contributed by atoms with Gasteiger partial charge in [0.15, 0.2) is 0 Å². The second kappa shape index (κ2) is 1.96. The van der Waals surface area contributed by atoms with Gasteiger partial charge in [-0.2, -0.15) is 0 Å². The van der Waals surface area contributed by atoms with Crippen LogP contribution in [0.15, 0.2) is 12.7 Å². The van der Waals surface area contributed by atoms with Gasteiger partial charge in [-0.3, -0.25) is 5.32 Å². The van der Waals surface area contributed by atoms with E-state index in [0.29, 0.717) is 6.73 Å². The van der Waals surface area contributed by atoms with Crippen LogP contribution >= 0.6 is 0 Å². The van der Waals surface area contributed by atoms with Crippen LogP contribution in [-0.2, 0) is 9.53 Å². The summed E-state index contributed by atoms with van der Waals surface area (Å²) in [6.45, 7) is 3.74. The van der Waals surface area contributed by atoms with Crippen LogP contribution in [0.2, 0.25) is 0 Å². The van der Waals surface area contributed by atoms with E-state index in [1.165, 1.54) is 6.08 Å². The Morgan fingerprint density at radius 1 is 2.00 bits per heavy atom. The molecule has 0 aliphatic carbocycles. The molecule has 1 aliphatic rings. The highest BCUT2D eigenvalue weighted by Gasteiger charge is 2.21. The number of ether oxygens (including phenoxy) is 1. The molecule has 0 aromatic rings. The van der Waals surface area contributed by atoms with Crippen LogP contribution < -0.4 is 5.32 Å². The Bertz CT molecular complexity index is 122. The first-order valence-electron chi connectivity index (χ1n) is 2.37. The number of rotatable bonds is 1. The van der Waals surface area contributed by atoms with Crippen molar-refractivity contribution in [3.8, 4) is 0 Å². The normalized spacial score (nSPS) is 27.5. The summed E-state index contributed by atoms with van der Waals surface area (Å²) in [5.41, 5.74) is 0. The Labute approximate surface area is 47.3 Å². The lowest BCUT2D eigenvalue weighted by molar-refractivity contribution is -0.138. The zero-order valence-electron chi connectivity index (χ0n) is 4.39. The summed E-state index contributed by atoms with van der Waals surface area (Å²) >= 11 is 0. The molecule has 0 radical (unpaired) electrons. The molecule has 1 heterocycles. The van der Waals surface area contributed by atoms with E-state index < -0.39 is 0 Å². The number of nitrogens with one attached hydrogen (secondary N) is 1. The Hall–Kier alpha value is -0.830. The maximum atomic E-state index is 10.4. The molecule has 1 aliphatic heterocycles. The molecule has 0 bridgehead atoms. The molecule has 1 rings (SSSR count). The molecule has 1 N–H and O–H groups in total.